The van der Waals surface area contributed by atoms with E-state index in [0.29, 0.717) is 17.6 Å². The third-order valence-corrected chi connectivity index (χ3v) is 6.62. The van der Waals surface area contributed by atoms with Crippen molar-refractivity contribution in [3.05, 3.63) is 47.1 Å². The second-order valence-electron chi connectivity index (χ2n) is 8.01. The van der Waals surface area contributed by atoms with Crippen LogP contribution in [0.4, 0.5) is 0 Å². The van der Waals surface area contributed by atoms with Gasteiger partial charge in [-0.3, -0.25) is 4.79 Å². The van der Waals surface area contributed by atoms with E-state index in [1.165, 1.54) is 14.2 Å². The van der Waals surface area contributed by atoms with Crippen LogP contribution >= 0.6 is 0 Å². The molecule has 0 aromatic heterocycles. The molecule has 5 heteroatoms. The van der Waals surface area contributed by atoms with Crippen molar-refractivity contribution in [1.82, 2.24) is 0 Å². The summed E-state index contributed by atoms with van der Waals surface area (Å²) >= 11 is 0. The fourth-order valence-corrected chi connectivity index (χ4v) is 5.47. The molecule has 4 atom stereocenters. The number of rotatable bonds is 2. The fourth-order valence-electron chi connectivity index (χ4n) is 5.47. The summed E-state index contributed by atoms with van der Waals surface area (Å²) in [5.41, 5.74) is 0.589. The zero-order valence-corrected chi connectivity index (χ0v) is 15.4. The van der Waals surface area contributed by atoms with E-state index < -0.39 is 23.3 Å². The Labute approximate surface area is 152 Å². The van der Waals surface area contributed by atoms with Crippen molar-refractivity contribution in [1.29, 1.82) is 0 Å². The summed E-state index contributed by atoms with van der Waals surface area (Å²) in [6.45, 7) is 4.26. The summed E-state index contributed by atoms with van der Waals surface area (Å²) < 4.78 is 10.0. The number of ketones is 1. The Morgan fingerprint density at radius 2 is 1.77 bits per heavy atom. The van der Waals surface area contributed by atoms with Crippen molar-refractivity contribution in [2.45, 2.75) is 20.3 Å². The molecule has 4 aliphatic carbocycles. The summed E-state index contributed by atoms with van der Waals surface area (Å²) in [5.74, 6) is -1.81. The molecule has 26 heavy (non-hydrogen) atoms. The minimum Gasteiger partial charge on any atom is -0.466 e. The van der Waals surface area contributed by atoms with Gasteiger partial charge in [0.05, 0.1) is 31.3 Å². The van der Waals surface area contributed by atoms with E-state index in [1.54, 1.807) is 6.08 Å². The number of fused-ring (bicyclic) bond motifs is 3. The average molecular weight is 354 g/mol. The van der Waals surface area contributed by atoms with E-state index >= 15 is 0 Å². The van der Waals surface area contributed by atoms with Crippen molar-refractivity contribution in [3.63, 3.8) is 0 Å². The van der Waals surface area contributed by atoms with Crippen LogP contribution in [0.3, 0.4) is 0 Å². The molecule has 4 bridgehead atoms. The molecule has 0 fully saturated rings. The highest BCUT2D eigenvalue weighted by Gasteiger charge is 2.65. The van der Waals surface area contributed by atoms with E-state index in [0.717, 1.165) is 5.57 Å². The summed E-state index contributed by atoms with van der Waals surface area (Å²) in [4.78, 5) is 38.2. The van der Waals surface area contributed by atoms with Crippen LogP contribution in [0.15, 0.2) is 47.1 Å². The van der Waals surface area contributed by atoms with Crippen LogP contribution in [0, 0.1) is 28.6 Å². The van der Waals surface area contributed by atoms with Gasteiger partial charge in [0.15, 0.2) is 5.78 Å². The van der Waals surface area contributed by atoms with Gasteiger partial charge < -0.3 is 9.47 Å². The zero-order valence-electron chi connectivity index (χ0n) is 15.4. The van der Waals surface area contributed by atoms with Gasteiger partial charge in [-0.05, 0) is 17.9 Å². The van der Waals surface area contributed by atoms with Gasteiger partial charge in [-0.25, -0.2) is 9.59 Å². The molecule has 5 nitrogen and oxygen atoms in total. The number of ether oxygens (including phenoxy) is 2. The molecule has 4 aliphatic rings. The van der Waals surface area contributed by atoms with Crippen LogP contribution < -0.4 is 0 Å². The van der Waals surface area contributed by atoms with Crippen LogP contribution in [0.1, 0.15) is 20.3 Å². The van der Waals surface area contributed by atoms with Gasteiger partial charge in [0.2, 0.25) is 0 Å². The first-order valence-corrected chi connectivity index (χ1v) is 8.83. The predicted octanol–water partition coefficient (Wildman–Crippen LogP) is 2.54. The highest BCUT2D eigenvalue weighted by atomic mass is 16.5. The van der Waals surface area contributed by atoms with E-state index in [2.05, 4.69) is 26.0 Å². The van der Waals surface area contributed by atoms with Gasteiger partial charge in [-0.2, -0.15) is 0 Å². The number of allylic oxidation sites excluding steroid dienone is 6. The molecule has 0 aromatic rings. The molecular formula is C21H22O5. The molecule has 0 saturated heterocycles. The lowest BCUT2D eigenvalue weighted by Gasteiger charge is -2.45. The molecule has 4 unspecified atom stereocenters. The summed E-state index contributed by atoms with van der Waals surface area (Å²) in [5, 5.41) is 0. The molecule has 0 aromatic carbocycles. The molecule has 1 spiro atoms. The predicted molar refractivity (Wildman–Crippen MR) is 93.7 cm³/mol. The lowest BCUT2D eigenvalue weighted by atomic mass is 9.57. The van der Waals surface area contributed by atoms with E-state index in [1.807, 2.05) is 12.2 Å². The van der Waals surface area contributed by atoms with Gasteiger partial charge in [0.25, 0.3) is 0 Å². The molecule has 0 N–H and O–H groups in total. The fraction of sp³-hybridized carbons (Fsp3) is 0.476. The molecule has 0 amide bonds. The second-order valence-corrected chi connectivity index (χ2v) is 8.01. The first-order valence-electron chi connectivity index (χ1n) is 8.83. The Morgan fingerprint density at radius 1 is 1.08 bits per heavy atom. The summed E-state index contributed by atoms with van der Waals surface area (Å²) in [6, 6.07) is 0. The smallest absolute Gasteiger partial charge is 0.335 e. The van der Waals surface area contributed by atoms with Gasteiger partial charge >= 0.3 is 11.9 Å². The normalized spacial score (nSPS) is 35.8. The molecular weight excluding hydrogens is 332 g/mol. The first kappa shape index (κ1) is 17.0. The number of esters is 2. The minimum atomic E-state index is -0.835. The highest BCUT2D eigenvalue weighted by Crippen LogP contribution is 2.68. The largest absolute Gasteiger partial charge is 0.466 e. The summed E-state index contributed by atoms with van der Waals surface area (Å²) in [7, 11) is 2.61. The Balaban J connectivity index is 2.04. The Morgan fingerprint density at radius 3 is 2.42 bits per heavy atom. The quantitative estimate of drug-likeness (QED) is 0.563. The molecule has 136 valence electrons. The number of hydrogen-bond acceptors (Lipinski definition) is 5. The lowest BCUT2D eigenvalue weighted by molar-refractivity contribution is -0.140. The Hall–Kier alpha value is -2.43. The van der Waals surface area contributed by atoms with Crippen molar-refractivity contribution >= 4 is 17.7 Å². The van der Waals surface area contributed by atoms with Crippen LogP contribution in [0.5, 0.6) is 0 Å². The van der Waals surface area contributed by atoms with Crippen molar-refractivity contribution in [2.75, 3.05) is 14.2 Å². The van der Waals surface area contributed by atoms with Crippen molar-refractivity contribution in [2.24, 2.45) is 28.6 Å². The molecule has 0 saturated carbocycles. The number of methoxy groups -OCH3 is 2. The Kier molecular flexibility index (Phi) is 3.46. The number of hydrogen-bond donors (Lipinski definition) is 0. The lowest BCUT2D eigenvalue weighted by Crippen LogP contribution is -2.43. The topological polar surface area (TPSA) is 69.7 Å². The maximum Gasteiger partial charge on any atom is 0.335 e. The van der Waals surface area contributed by atoms with Crippen molar-refractivity contribution < 1.29 is 23.9 Å². The minimum absolute atomic E-state index is 0.0432. The maximum absolute atomic E-state index is 12.9. The number of carbonyl (C=O) groups excluding carboxylic acids is 3. The summed E-state index contributed by atoms with van der Waals surface area (Å²) in [6.07, 6.45) is 10.2. The monoisotopic (exact) mass is 354 g/mol. The highest BCUT2D eigenvalue weighted by molar-refractivity contribution is 6.07. The first-order chi connectivity index (χ1) is 12.3. The molecule has 4 rings (SSSR count). The SMILES string of the molecule is COC(=O)C1=C(C(=O)OC)C23CC1C=C2C(C)(C)C1C=CC(=O)C3C=C1. The maximum atomic E-state index is 12.9. The van der Waals surface area contributed by atoms with Gasteiger partial charge in [0, 0.05) is 17.3 Å². The molecule has 0 radical (unpaired) electrons. The average Bonchev–Trinajstić information content (AvgIpc) is 3.06. The van der Waals surface area contributed by atoms with Crippen LogP contribution in [-0.4, -0.2) is 31.9 Å². The van der Waals surface area contributed by atoms with E-state index in [9.17, 15) is 14.4 Å². The molecule has 0 aliphatic heterocycles. The zero-order chi connectivity index (χ0) is 18.9. The standard InChI is InChI=1S/C21H22O5/c1-20(2)12-5-7-13(14(22)8-6-12)21-10-11(9-15(20)21)16(18(23)25-3)17(21)19(24)26-4/h5-9,11-13H,10H2,1-4H3. The third-order valence-electron chi connectivity index (χ3n) is 6.62. The molecule has 0 heterocycles. The van der Waals surface area contributed by atoms with Gasteiger partial charge in [0.1, 0.15) is 0 Å². The third kappa shape index (κ3) is 1.83. The van der Waals surface area contributed by atoms with Gasteiger partial charge in [-0.15, -0.1) is 0 Å². The Bertz CT molecular complexity index is 854. The van der Waals surface area contributed by atoms with Gasteiger partial charge in [-0.1, -0.05) is 43.7 Å². The van der Waals surface area contributed by atoms with Crippen LogP contribution in [0.25, 0.3) is 0 Å². The van der Waals surface area contributed by atoms with Crippen molar-refractivity contribution in [3.8, 4) is 0 Å². The van der Waals surface area contributed by atoms with Crippen LogP contribution in [0.2, 0.25) is 0 Å². The van der Waals surface area contributed by atoms with Crippen LogP contribution in [-0.2, 0) is 23.9 Å². The van der Waals surface area contributed by atoms with E-state index in [-0.39, 0.29) is 23.0 Å². The van der Waals surface area contributed by atoms with E-state index in [4.69, 9.17) is 9.47 Å². The number of carbonyl (C=O) groups is 3. The second kappa shape index (κ2) is 5.29.